The number of benzene rings is 3. The van der Waals surface area contributed by atoms with E-state index in [0.717, 1.165) is 0 Å². The van der Waals surface area contributed by atoms with Gasteiger partial charge in [0.25, 0.3) is 0 Å². The highest BCUT2D eigenvalue weighted by Crippen LogP contribution is 2.27. The molecule has 1 heteroatoms. The van der Waals surface area contributed by atoms with Crippen molar-refractivity contribution in [2.75, 3.05) is 7.05 Å². The molecule has 0 heterocycles. The van der Waals surface area contributed by atoms with Crippen LogP contribution in [0.15, 0.2) is 60.7 Å². The highest BCUT2D eigenvalue weighted by atomic mass is 14.9. The van der Waals surface area contributed by atoms with Gasteiger partial charge in [-0.15, -0.1) is 0 Å². The Morgan fingerprint density at radius 1 is 0.810 bits per heavy atom. The largest absolute Gasteiger partial charge is 0.309 e. The minimum absolute atomic E-state index is 0.232. The second-order valence-corrected chi connectivity index (χ2v) is 5.69. The van der Waals surface area contributed by atoms with Crippen LogP contribution in [0.4, 0.5) is 0 Å². The summed E-state index contributed by atoms with van der Waals surface area (Å²) in [6.07, 6.45) is 0. The Balaban J connectivity index is 2.09. The Hall–Kier alpha value is -2.12. The molecule has 106 valence electrons. The third-order valence-corrected chi connectivity index (χ3v) is 4.13. The van der Waals surface area contributed by atoms with Crippen molar-refractivity contribution in [2.45, 2.75) is 19.9 Å². The third kappa shape index (κ3) is 2.70. The predicted molar refractivity (Wildman–Crippen MR) is 90.8 cm³/mol. The first-order valence-electron chi connectivity index (χ1n) is 7.42. The van der Waals surface area contributed by atoms with E-state index in [2.05, 4.69) is 79.8 Å². The van der Waals surface area contributed by atoms with Gasteiger partial charge in [-0.1, -0.05) is 60.2 Å². The molecule has 0 amide bonds. The summed E-state index contributed by atoms with van der Waals surface area (Å²) in [6, 6.07) is 22.1. The SMILES string of the molecule is CNC(c1ccc2ccccc2c1)c1ccc(C)cc1C. The summed E-state index contributed by atoms with van der Waals surface area (Å²) in [4.78, 5) is 0. The van der Waals surface area contributed by atoms with Crippen LogP contribution >= 0.6 is 0 Å². The van der Waals surface area contributed by atoms with Gasteiger partial charge in [0.2, 0.25) is 0 Å². The van der Waals surface area contributed by atoms with Gasteiger partial charge in [0, 0.05) is 0 Å². The van der Waals surface area contributed by atoms with Gasteiger partial charge in [0.1, 0.15) is 0 Å². The van der Waals surface area contributed by atoms with E-state index in [1.807, 2.05) is 7.05 Å². The van der Waals surface area contributed by atoms with Crippen molar-refractivity contribution in [1.82, 2.24) is 5.32 Å². The lowest BCUT2D eigenvalue weighted by molar-refractivity contribution is 0.688. The molecule has 3 aromatic rings. The lowest BCUT2D eigenvalue weighted by Crippen LogP contribution is -2.18. The van der Waals surface area contributed by atoms with E-state index in [1.54, 1.807) is 0 Å². The van der Waals surface area contributed by atoms with Crippen LogP contribution in [0, 0.1) is 13.8 Å². The second-order valence-electron chi connectivity index (χ2n) is 5.69. The highest BCUT2D eigenvalue weighted by molar-refractivity contribution is 5.83. The zero-order valence-electron chi connectivity index (χ0n) is 12.9. The Bertz CT molecular complexity index is 774. The zero-order valence-corrected chi connectivity index (χ0v) is 12.9. The molecule has 0 aliphatic heterocycles. The summed E-state index contributed by atoms with van der Waals surface area (Å²) < 4.78 is 0. The summed E-state index contributed by atoms with van der Waals surface area (Å²) >= 11 is 0. The van der Waals surface area contributed by atoms with Crippen LogP contribution < -0.4 is 5.32 Å². The molecule has 0 aliphatic rings. The number of aryl methyl sites for hydroxylation is 2. The molecule has 3 rings (SSSR count). The molecule has 0 saturated carbocycles. The van der Waals surface area contributed by atoms with E-state index in [0.29, 0.717) is 0 Å². The molecule has 0 radical (unpaired) electrons. The van der Waals surface area contributed by atoms with Gasteiger partial charge in [0.15, 0.2) is 0 Å². The minimum atomic E-state index is 0.232. The van der Waals surface area contributed by atoms with Crippen LogP contribution in [-0.4, -0.2) is 7.05 Å². The molecule has 1 atom stereocenters. The van der Waals surface area contributed by atoms with Gasteiger partial charge in [-0.25, -0.2) is 0 Å². The van der Waals surface area contributed by atoms with Crippen molar-refractivity contribution < 1.29 is 0 Å². The molecule has 0 fully saturated rings. The molecule has 1 unspecified atom stereocenters. The van der Waals surface area contributed by atoms with Gasteiger partial charge in [-0.2, -0.15) is 0 Å². The molecule has 0 aromatic heterocycles. The lowest BCUT2D eigenvalue weighted by atomic mass is 9.92. The van der Waals surface area contributed by atoms with Crippen LogP contribution in [0.1, 0.15) is 28.3 Å². The Labute approximate surface area is 126 Å². The first-order valence-corrected chi connectivity index (χ1v) is 7.42. The van der Waals surface area contributed by atoms with E-state index >= 15 is 0 Å². The quantitative estimate of drug-likeness (QED) is 0.726. The van der Waals surface area contributed by atoms with Gasteiger partial charge in [-0.05, 0) is 54.4 Å². The standard InChI is InChI=1S/C20H21N/c1-14-8-11-19(15(2)12-14)20(21-3)18-10-9-16-6-4-5-7-17(16)13-18/h4-13,20-21H,1-3H3. The van der Waals surface area contributed by atoms with Gasteiger partial charge >= 0.3 is 0 Å². The van der Waals surface area contributed by atoms with Gasteiger partial charge in [-0.3, -0.25) is 0 Å². The maximum Gasteiger partial charge on any atom is 0.0577 e. The molecule has 0 aliphatic carbocycles. The number of rotatable bonds is 3. The van der Waals surface area contributed by atoms with E-state index in [-0.39, 0.29) is 6.04 Å². The van der Waals surface area contributed by atoms with Gasteiger partial charge in [0.05, 0.1) is 6.04 Å². The molecule has 0 spiro atoms. The maximum absolute atomic E-state index is 3.46. The predicted octanol–water partition coefficient (Wildman–Crippen LogP) is 4.77. The fraction of sp³-hybridized carbons (Fsp3) is 0.200. The number of hydrogen-bond acceptors (Lipinski definition) is 1. The molecule has 3 aromatic carbocycles. The zero-order chi connectivity index (χ0) is 14.8. The Kier molecular flexibility index (Phi) is 3.76. The Morgan fingerprint density at radius 2 is 1.57 bits per heavy atom. The second kappa shape index (κ2) is 5.71. The summed E-state index contributed by atoms with van der Waals surface area (Å²) in [5.41, 5.74) is 5.30. The van der Waals surface area contributed by atoms with E-state index < -0.39 is 0 Å². The topological polar surface area (TPSA) is 12.0 Å². The fourth-order valence-electron chi connectivity index (χ4n) is 3.04. The van der Waals surface area contributed by atoms with Crippen molar-refractivity contribution in [3.05, 3.63) is 82.9 Å². The summed E-state index contributed by atoms with van der Waals surface area (Å²) in [5, 5.41) is 6.04. The molecule has 0 bridgehead atoms. The molecular weight excluding hydrogens is 254 g/mol. The highest BCUT2D eigenvalue weighted by Gasteiger charge is 2.14. The van der Waals surface area contributed by atoms with Crippen LogP contribution in [-0.2, 0) is 0 Å². The van der Waals surface area contributed by atoms with Crippen molar-refractivity contribution in [2.24, 2.45) is 0 Å². The van der Waals surface area contributed by atoms with E-state index in [4.69, 9.17) is 0 Å². The first kappa shape index (κ1) is 13.8. The van der Waals surface area contributed by atoms with Crippen molar-refractivity contribution in [3.63, 3.8) is 0 Å². The summed E-state index contributed by atoms with van der Waals surface area (Å²) in [6.45, 7) is 4.33. The summed E-state index contributed by atoms with van der Waals surface area (Å²) in [7, 11) is 2.03. The number of fused-ring (bicyclic) bond motifs is 1. The maximum atomic E-state index is 3.46. The minimum Gasteiger partial charge on any atom is -0.309 e. The molecule has 0 saturated heterocycles. The van der Waals surface area contributed by atoms with Crippen LogP contribution in [0.3, 0.4) is 0 Å². The van der Waals surface area contributed by atoms with Crippen molar-refractivity contribution >= 4 is 10.8 Å². The normalized spacial score (nSPS) is 12.5. The number of nitrogens with one attached hydrogen (secondary N) is 1. The monoisotopic (exact) mass is 275 g/mol. The van der Waals surface area contributed by atoms with Crippen LogP contribution in [0.25, 0.3) is 10.8 Å². The molecule has 21 heavy (non-hydrogen) atoms. The van der Waals surface area contributed by atoms with E-state index in [9.17, 15) is 0 Å². The smallest absolute Gasteiger partial charge is 0.0577 e. The van der Waals surface area contributed by atoms with Crippen LogP contribution in [0.2, 0.25) is 0 Å². The van der Waals surface area contributed by atoms with Crippen molar-refractivity contribution in [3.8, 4) is 0 Å². The first-order chi connectivity index (χ1) is 10.2. The third-order valence-electron chi connectivity index (χ3n) is 4.13. The fourth-order valence-corrected chi connectivity index (χ4v) is 3.04. The summed E-state index contributed by atoms with van der Waals surface area (Å²) in [5.74, 6) is 0. The van der Waals surface area contributed by atoms with Crippen molar-refractivity contribution in [1.29, 1.82) is 0 Å². The molecule has 1 N–H and O–H groups in total. The van der Waals surface area contributed by atoms with Gasteiger partial charge < -0.3 is 5.32 Å². The average molecular weight is 275 g/mol. The molecule has 1 nitrogen and oxygen atoms in total. The Morgan fingerprint density at radius 3 is 2.29 bits per heavy atom. The molecular formula is C20H21N. The lowest BCUT2D eigenvalue weighted by Gasteiger charge is -2.20. The van der Waals surface area contributed by atoms with Crippen LogP contribution in [0.5, 0.6) is 0 Å². The average Bonchev–Trinajstić information content (AvgIpc) is 2.50. The van der Waals surface area contributed by atoms with E-state index in [1.165, 1.54) is 33.0 Å². The number of hydrogen-bond donors (Lipinski definition) is 1.